The van der Waals surface area contributed by atoms with Gasteiger partial charge < -0.3 is 10.3 Å². The molecule has 1 aromatic carbocycles. The number of nitrogens with zero attached hydrogens (tertiary/aromatic N) is 2. The number of aromatic nitrogens is 2. The van der Waals surface area contributed by atoms with Crippen LogP contribution in [0.3, 0.4) is 0 Å². The Bertz CT molecular complexity index is 459. The third-order valence-corrected chi connectivity index (χ3v) is 2.75. The molecule has 0 spiro atoms. The van der Waals surface area contributed by atoms with E-state index in [1.165, 1.54) is 0 Å². The van der Waals surface area contributed by atoms with Crippen LogP contribution in [-0.2, 0) is 7.05 Å². The van der Waals surface area contributed by atoms with Crippen LogP contribution in [0.1, 0.15) is 31.6 Å². The van der Waals surface area contributed by atoms with Crippen LogP contribution < -0.4 is 5.73 Å². The Balaban J connectivity index is 2.48. The van der Waals surface area contributed by atoms with E-state index < -0.39 is 0 Å². The summed E-state index contributed by atoms with van der Waals surface area (Å²) in [6, 6.07) is 8.18. The van der Waals surface area contributed by atoms with E-state index in [2.05, 4.69) is 22.5 Å². The Morgan fingerprint density at radius 3 is 2.80 bits per heavy atom. The summed E-state index contributed by atoms with van der Waals surface area (Å²) in [5.74, 6) is 0.984. The number of hydrogen-bond acceptors (Lipinski definition) is 2. The summed E-state index contributed by atoms with van der Waals surface area (Å²) < 4.78 is 2.09. The van der Waals surface area contributed by atoms with Crippen LogP contribution in [0.2, 0.25) is 0 Å². The van der Waals surface area contributed by atoms with Crippen molar-refractivity contribution in [3.8, 4) is 0 Å². The molecular formula is C12H17N3. The highest BCUT2D eigenvalue weighted by Crippen LogP contribution is 2.20. The molecule has 2 rings (SSSR count). The number of imidazole rings is 1. The Labute approximate surface area is 89.9 Å². The summed E-state index contributed by atoms with van der Waals surface area (Å²) in [6.45, 7) is 2.14. The van der Waals surface area contributed by atoms with Gasteiger partial charge in [0.05, 0.1) is 17.1 Å². The SMILES string of the molecule is CCCC(N)c1nc2ccccc2n1C. The fraction of sp³-hybridized carbons (Fsp3) is 0.417. The van der Waals surface area contributed by atoms with Gasteiger partial charge in [-0.1, -0.05) is 25.5 Å². The predicted molar refractivity (Wildman–Crippen MR) is 62.6 cm³/mol. The van der Waals surface area contributed by atoms with Crippen LogP contribution in [0.5, 0.6) is 0 Å². The number of benzene rings is 1. The van der Waals surface area contributed by atoms with Crippen molar-refractivity contribution in [3.63, 3.8) is 0 Å². The Hall–Kier alpha value is -1.35. The van der Waals surface area contributed by atoms with Crippen LogP contribution in [-0.4, -0.2) is 9.55 Å². The molecule has 3 nitrogen and oxygen atoms in total. The average Bonchev–Trinajstić information content (AvgIpc) is 2.57. The van der Waals surface area contributed by atoms with Crippen LogP contribution >= 0.6 is 0 Å². The lowest BCUT2D eigenvalue weighted by Crippen LogP contribution is -2.14. The summed E-state index contributed by atoms with van der Waals surface area (Å²) in [5, 5.41) is 0. The van der Waals surface area contributed by atoms with Crippen LogP contribution in [0, 0.1) is 0 Å². The predicted octanol–water partition coefficient (Wildman–Crippen LogP) is 2.37. The van der Waals surface area contributed by atoms with Crippen molar-refractivity contribution in [3.05, 3.63) is 30.1 Å². The highest BCUT2D eigenvalue weighted by molar-refractivity contribution is 5.75. The average molecular weight is 203 g/mol. The lowest BCUT2D eigenvalue weighted by atomic mass is 10.2. The third-order valence-electron chi connectivity index (χ3n) is 2.75. The fourth-order valence-electron chi connectivity index (χ4n) is 1.94. The van der Waals surface area contributed by atoms with Gasteiger partial charge in [-0.05, 0) is 18.6 Å². The standard InChI is InChI=1S/C12H17N3/c1-3-6-9(13)12-14-10-7-4-5-8-11(10)15(12)2/h4-5,7-9H,3,6,13H2,1-2H3. The van der Waals surface area contributed by atoms with Crippen molar-refractivity contribution < 1.29 is 0 Å². The first-order valence-electron chi connectivity index (χ1n) is 5.41. The number of nitrogens with two attached hydrogens (primary N) is 1. The van der Waals surface area contributed by atoms with E-state index >= 15 is 0 Å². The van der Waals surface area contributed by atoms with Crippen LogP contribution in [0.25, 0.3) is 11.0 Å². The monoisotopic (exact) mass is 203 g/mol. The van der Waals surface area contributed by atoms with Crippen molar-refractivity contribution in [2.75, 3.05) is 0 Å². The first kappa shape index (κ1) is 10.2. The lowest BCUT2D eigenvalue weighted by Gasteiger charge is -2.09. The number of para-hydroxylation sites is 2. The van der Waals surface area contributed by atoms with Gasteiger partial charge in [-0.3, -0.25) is 0 Å². The minimum atomic E-state index is 0.0485. The molecule has 0 radical (unpaired) electrons. The molecule has 2 aromatic rings. The number of fused-ring (bicyclic) bond motifs is 1. The highest BCUT2D eigenvalue weighted by Gasteiger charge is 2.13. The zero-order valence-electron chi connectivity index (χ0n) is 9.27. The van der Waals surface area contributed by atoms with E-state index in [-0.39, 0.29) is 6.04 Å². The van der Waals surface area contributed by atoms with Crippen LogP contribution in [0.15, 0.2) is 24.3 Å². The van der Waals surface area contributed by atoms with E-state index in [1.807, 2.05) is 25.2 Å². The molecule has 80 valence electrons. The largest absolute Gasteiger partial charge is 0.330 e. The van der Waals surface area contributed by atoms with Gasteiger partial charge in [0.2, 0.25) is 0 Å². The number of hydrogen-bond donors (Lipinski definition) is 1. The van der Waals surface area contributed by atoms with E-state index in [4.69, 9.17) is 5.73 Å². The number of rotatable bonds is 3. The summed E-state index contributed by atoms with van der Waals surface area (Å²) >= 11 is 0. The normalized spacial score (nSPS) is 13.3. The molecule has 0 aliphatic heterocycles. The molecule has 0 amide bonds. The molecule has 0 aliphatic carbocycles. The minimum Gasteiger partial charge on any atom is -0.330 e. The first-order valence-corrected chi connectivity index (χ1v) is 5.41. The van der Waals surface area contributed by atoms with E-state index in [1.54, 1.807) is 0 Å². The number of aryl methyl sites for hydroxylation is 1. The van der Waals surface area contributed by atoms with Crippen molar-refractivity contribution >= 4 is 11.0 Å². The summed E-state index contributed by atoms with van der Waals surface area (Å²) in [6.07, 6.45) is 2.07. The van der Waals surface area contributed by atoms with Gasteiger partial charge in [-0.25, -0.2) is 4.98 Å². The second kappa shape index (κ2) is 4.03. The molecule has 3 heteroatoms. The summed E-state index contributed by atoms with van der Waals surface area (Å²) in [7, 11) is 2.03. The van der Waals surface area contributed by atoms with Crippen molar-refractivity contribution in [2.45, 2.75) is 25.8 Å². The van der Waals surface area contributed by atoms with Gasteiger partial charge >= 0.3 is 0 Å². The van der Waals surface area contributed by atoms with Gasteiger partial charge in [0.15, 0.2) is 0 Å². The maximum Gasteiger partial charge on any atom is 0.126 e. The molecule has 0 saturated carbocycles. The minimum absolute atomic E-state index is 0.0485. The molecule has 0 bridgehead atoms. The van der Waals surface area contributed by atoms with Gasteiger partial charge in [0.25, 0.3) is 0 Å². The maximum absolute atomic E-state index is 6.09. The summed E-state index contributed by atoms with van der Waals surface area (Å²) in [5.41, 5.74) is 8.27. The lowest BCUT2D eigenvalue weighted by molar-refractivity contribution is 0.584. The molecular weight excluding hydrogens is 186 g/mol. The van der Waals surface area contributed by atoms with Crippen molar-refractivity contribution in [1.29, 1.82) is 0 Å². The van der Waals surface area contributed by atoms with Gasteiger partial charge in [-0.15, -0.1) is 0 Å². The smallest absolute Gasteiger partial charge is 0.126 e. The Morgan fingerprint density at radius 1 is 1.40 bits per heavy atom. The molecule has 2 N–H and O–H groups in total. The summed E-state index contributed by atoms with van der Waals surface area (Å²) in [4.78, 5) is 4.57. The fourth-order valence-corrected chi connectivity index (χ4v) is 1.94. The molecule has 15 heavy (non-hydrogen) atoms. The second-order valence-electron chi connectivity index (χ2n) is 3.91. The zero-order chi connectivity index (χ0) is 10.8. The van der Waals surface area contributed by atoms with Crippen LogP contribution in [0.4, 0.5) is 0 Å². The maximum atomic E-state index is 6.09. The molecule has 1 unspecified atom stereocenters. The topological polar surface area (TPSA) is 43.8 Å². The van der Waals surface area contributed by atoms with Crippen molar-refractivity contribution in [1.82, 2.24) is 9.55 Å². The van der Waals surface area contributed by atoms with E-state index in [0.29, 0.717) is 0 Å². The molecule has 0 saturated heterocycles. The van der Waals surface area contributed by atoms with Crippen molar-refractivity contribution in [2.24, 2.45) is 12.8 Å². The Morgan fingerprint density at radius 2 is 2.13 bits per heavy atom. The van der Waals surface area contributed by atoms with Gasteiger partial charge in [-0.2, -0.15) is 0 Å². The molecule has 0 fully saturated rings. The van der Waals surface area contributed by atoms with E-state index in [0.717, 1.165) is 29.7 Å². The first-order chi connectivity index (χ1) is 7.24. The highest BCUT2D eigenvalue weighted by atomic mass is 15.1. The zero-order valence-corrected chi connectivity index (χ0v) is 9.27. The molecule has 0 aliphatic rings. The van der Waals surface area contributed by atoms with Gasteiger partial charge in [0.1, 0.15) is 5.82 Å². The van der Waals surface area contributed by atoms with Gasteiger partial charge in [0, 0.05) is 7.05 Å². The Kier molecular flexibility index (Phi) is 2.73. The molecule has 1 aromatic heterocycles. The second-order valence-corrected chi connectivity index (χ2v) is 3.91. The third kappa shape index (κ3) is 1.75. The molecule has 1 atom stereocenters. The quantitative estimate of drug-likeness (QED) is 0.832. The molecule has 1 heterocycles. The van der Waals surface area contributed by atoms with E-state index in [9.17, 15) is 0 Å².